The highest BCUT2D eigenvalue weighted by molar-refractivity contribution is 5.79. The fraction of sp³-hybridized carbons (Fsp3) is 0.562. The van der Waals surface area contributed by atoms with Gasteiger partial charge < -0.3 is 10.0 Å². The second kappa shape index (κ2) is 6.71. The number of rotatable bonds is 4. The molecule has 2 rings (SSSR count). The molecular weight excluding hydrogens is 238 g/mol. The summed E-state index contributed by atoms with van der Waals surface area (Å²) in [6.07, 6.45) is 4.14. The second-order valence-corrected chi connectivity index (χ2v) is 5.51. The number of benzene rings is 1. The Balaban J connectivity index is 1.98. The fourth-order valence-electron chi connectivity index (χ4n) is 2.97. The van der Waals surface area contributed by atoms with Crippen LogP contribution in [-0.2, 0) is 11.3 Å². The number of nitrogens with zero attached hydrogens (tertiary/aromatic N) is 1. The van der Waals surface area contributed by atoms with E-state index in [0.29, 0.717) is 6.54 Å². The molecule has 1 aromatic carbocycles. The molecule has 1 aliphatic rings. The first-order valence-electron chi connectivity index (χ1n) is 7.12. The highest BCUT2D eigenvalue weighted by Gasteiger charge is 2.32. The molecule has 104 valence electrons. The molecule has 1 saturated carbocycles. The van der Waals surface area contributed by atoms with E-state index in [0.717, 1.165) is 31.2 Å². The quantitative estimate of drug-likeness (QED) is 0.904. The van der Waals surface area contributed by atoms with Crippen LogP contribution in [0.5, 0.6) is 0 Å². The predicted octanol–water partition coefficient (Wildman–Crippen LogP) is 2.44. The van der Waals surface area contributed by atoms with Crippen molar-refractivity contribution < 1.29 is 9.90 Å². The predicted molar refractivity (Wildman–Crippen MR) is 75.4 cm³/mol. The van der Waals surface area contributed by atoms with Crippen molar-refractivity contribution >= 4 is 5.91 Å². The lowest BCUT2D eigenvalue weighted by molar-refractivity contribution is -0.138. The van der Waals surface area contributed by atoms with Crippen LogP contribution in [0.3, 0.4) is 0 Å². The average molecular weight is 261 g/mol. The molecule has 2 unspecified atom stereocenters. The third-order valence-corrected chi connectivity index (χ3v) is 4.10. The highest BCUT2D eigenvalue weighted by atomic mass is 16.3. The minimum absolute atomic E-state index is 0.00691. The number of amides is 1. The summed E-state index contributed by atoms with van der Waals surface area (Å²) in [7, 11) is 1.86. The van der Waals surface area contributed by atoms with Crippen LogP contribution in [0.1, 0.15) is 31.2 Å². The van der Waals surface area contributed by atoms with E-state index in [9.17, 15) is 9.90 Å². The zero-order valence-corrected chi connectivity index (χ0v) is 11.6. The summed E-state index contributed by atoms with van der Waals surface area (Å²) in [4.78, 5) is 14.3. The van der Waals surface area contributed by atoms with Gasteiger partial charge in [-0.05, 0) is 24.3 Å². The number of carbonyl (C=O) groups excluding carboxylic acids is 1. The molecule has 1 N–H and O–H groups in total. The molecule has 0 radical (unpaired) electrons. The van der Waals surface area contributed by atoms with Crippen molar-refractivity contribution in [3.63, 3.8) is 0 Å². The van der Waals surface area contributed by atoms with Gasteiger partial charge in [0.2, 0.25) is 5.91 Å². The molecule has 0 saturated heterocycles. The van der Waals surface area contributed by atoms with Gasteiger partial charge in [-0.15, -0.1) is 0 Å². The second-order valence-electron chi connectivity index (χ2n) is 5.51. The summed E-state index contributed by atoms with van der Waals surface area (Å²) < 4.78 is 0. The lowest BCUT2D eigenvalue weighted by atomic mass is 9.79. The number of aliphatic hydroxyl groups excluding tert-OH is 1. The SMILES string of the molecule is CN(Cc1ccccc1)C(=O)C1CCCCC1CO. The van der Waals surface area contributed by atoms with E-state index in [-0.39, 0.29) is 24.3 Å². The molecule has 0 bridgehead atoms. The Morgan fingerprint density at radius 3 is 2.63 bits per heavy atom. The van der Waals surface area contributed by atoms with Gasteiger partial charge >= 0.3 is 0 Å². The van der Waals surface area contributed by atoms with Crippen molar-refractivity contribution in [2.24, 2.45) is 11.8 Å². The number of carbonyl (C=O) groups is 1. The topological polar surface area (TPSA) is 40.5 Å². The van der Waals surface area contributed by atoms with E-state index < -0.39 is 0 Å². The molecule has 3 nitrogen and oxygen atoms in total. The van der Waals surface area contributed by atoms with Crippen molar-refractivity contribution in [2.45, 2.75) is 32.2 Å². The zero-order valence-electron chi connectivity index (χ0n) is 11.6. The fourth-order valence-corrected chi connectivity index (χ4v) is 2.97. The first kappa shape index (κ1) is 14.1. The van der Waals surface area contributed by atoms with Crippen LogP contribution in [0.4, 0.5) is 0 Å². The molecule has 3 heteroatoms. The third-order valence-electron chi connectivity index (χ3n) is 4.10. The monoisotopic (exact) mass is 261 g/mol. The Morgan fingerprint density at radius 1 is 1.26 bits per heavy atom. The molecule has 1 fully saturated rings. The molecule has 0 aromatic heterocycles. The van der Waals surface area contributed by atoms with E-state index in [1.807, 2.05) is 37.4 Å². The van der Waals surface area contributed by atoms with Gasteiger partial charge in [-0.3, -0.25) is 4.79 Å². The van der Waals surface area contributed by atoms with Crippen LogP contribution in [0.25, 0.3) is 0 Å². The van der Waals surface area contributed by atoms with E-state index in [1.165, 1.54) is 0 Å². The van der Waals surface area contributed by atoms with E-state index in [2.05, 4.69) is 0 Å². The number of hydrogen-bond donors (Lipinski definition) is 1. The maximum atomic E-state index is 12.5. The van der Waals surface area contributed by atoms with E-state index in [1.54, 1.807) is 4.90 Å². The normalized spacial score (nSPS) is 23.1. The van der Waals surface area contributed by atoms with Crippen molar-refractivity contribution in [3.8, 4) is 0 Å². The molecule has 0 heterocycles. The average Bonchev–Trinajstić information content (AvgIpc) is 2.47. The Hall–Kier alpha value is -1.35. The van der Waals surface area contributed by atoms with Crippen LogP contribution in [0.15, 0.2) is 30.3 Å². The van der Waals surface area contributed by atoms with Gasteiger partial charge in [0.1, 0.15) is 0 Å². The largest absolute Gasteiger partial charge is 0.396 e. The van der Waals surface area contributed by atoms with Crippen LogP contribution < -0.4 is 0 Å². The van der Waals surface area contributed by atoms with Crippen molar-refractivity contribution in [3.05, 3.63) is 35.9 Å². The summed E-state index contributed by atoms with van der Waals surface area (Å²) in [5.41, 5.74) is 1.15. The van der Waals surface area contributed by atoms with E-state index in [4.69, 9.17) is 0 Å². The Kier molecular flexibility index (Phi) is 4.97. The van der Waals surface area contributed by atoms with Gasteiger partial charge in [0.15, 0.2) is 0 Å². The summed E-state index contributed by atoms with van der Waals surface area (Å²) >= 11 is 0. The lowest BCUT2D eigenvalue weighted by Crippen LogP contribution is -2.38. The molecule has 0 aliphatic heterocycles. The Bertz CT molecular complexity index is 404. The van der Waals surface area contributed by atoms with Gasteiger partial charge in [0, 0.05) is 26.1 Å². The van der Waals surface area contributed by atoms with Crippen LogP contribution in [-0.4, -0.2) is 29.6 Å². The Labute approximate surface area is 115 Å². The minimum atomic E-state index is 0.00691. The smallest absolute Gasteiger partial charge is 0.226 e. The van der Waals surface area contributed by atoms with Gasteiger partial charge in [-0.2, -0.15) is 0 Å². The third kappa shape index (κ3) is 3.57. The highest BCUT2D eigenvalue weighted by Crippen LogP contribution is 2.31. The van der Waals surface area contributed by atoms with Gasteiger partial charge in [-0.1, -0.05) is 43.2 Å². The minimum Gasteiger partial charge on any atom is -0.396 e. The molecule has 0 spiro atoms. The van der Waals surface area contributed by atoms with Crippen molar-refractivity contribution in [2.75, 3.05) is 13.7 Å². The molecule has 1 aromatic rings. The molecule has 1 amide bonds. The van der Waals surface area contributed by atoms with Crippen molar-refractivity contribution in [1.29, 1.82) is 0 Å². The summed E-state index contributed by atoms with van der Waals surface area (Å²) in [6, 6.07) is 10.0. The number of hydrogen-bond acceptors (Lipinski definition) is 2. The maximum absolute atomic E-state index is 12.5. The summed E-state index contributed by atoms with van der Waals surface area (Å²) in [5.74, 6) is 0.342. The van der Waals surface area contributed by atoms with Crippen LogP contribution in [0, 0.1) is 11.8 Å². The van der Waals surface area contributed by atoms with Gasteiger partial charge in [0.25, 0.3) is 0 Å². The van der Waals surface area contributed by atoms with Crippen molar-refractivity contribution in [1.82, 2.24) is 4.90 Å². The standard InChI is InChI=1S/C16H23NO2/c1-17(11-13-7-3-2-4-8-13)16(19)15-10-6-5-9-14(15)12-18/h2-4,7-8,14-15,18H,5-6,9-12H2,1H3. The molecular formula is C16H23NO2. The zero-order chi connectivity index (χ0) is 13.7. The van der Waals surface area contributed by atoms with Crippen LogP contribution >= 0.6 is 0 Å². The van der Waals surface area contributed by atoms with Gasteiger partial charge in [-0.25, -0.2) is 0 Å². The Morgan fingerprint density at radius 2 is 1.95 bits per heavy atom. The van der Waals surface area contributed by atoms with E-state index >= 15 is 0 Å². The number of aliphatic hydroxyl groups is 1. The first-order chi connectivity index (χ1) is 9.22. The first-order valence-corrected chi connectivity index (χ1v) is 7.12. The maximum Gasteiger partial charge on any atom is 0.226 e. The molecule has 1 aliphatic carbocycles. The summed E-state index contributed by atoms with van der Waals surface area (Å²) in [5, 5.41) is 9.41. The lowest BCUT2D eigenvalue weighted by Gasteiger charge is -2.32. The van der Waals surface area contributed by atoms with Gasteiger partial charge in [0.05, 0.1) is 0 Å². The molecule has 19 heavy (non-hydrogen) atoms. The molecule has 2 atom stereocenters. The van der Waals surface area contributed by atoms with Crippen LogP contribution in [0.2, 0.25) is 0 Å². The summed E-state index contributed by atoms with van der Waals surface area (Å²) in [6.45, 7) is 0.782.